The van der Waals surface area contributed by atoms with E-state index in [2.05, 4.69) is 77.5 Å². The molecule has 2 saturated heterocycles. The molecule has 3 aliphatic heterocycles. The lowest BCUT2D eigenvalue weighted by Gasteiger charge is -2.54. The molecule has 0 aliphatic carbocycles. The van der Waals surface area contributed by atoms with E-state index in [1.165, 1.54) is 31.2 Å². The monoisotopic (exact) mass is 550 g/mol. The van der Waals surface area contributed by atoms with Gasteiger partial charge in [0.05, 0.1) is 10.7 Å². The minimum absolute atomic E-state index is 0.00787. The summed E-state index contributed by atoms with van der Waals surface area (Å²) in [5.74, 6) is 2.37. The van der Waals surface area contributed by atoms with Crippen LogP contribution in [0.15, 0.2) is 28.2 Å². The van der Waals surface area contributed by atoms with Crippen LogP contribution >= 0.6 is 23.4 Å². The SMILES string of the molecule is CSCC1CCCN(c2ccc(NC3N=CC(F)C(NC4CC(C)(C)N(C)C(C)(C)C4)=N3)cc2Cl)CC1. The Morgan fingerprint density at radius 3 is 2.51 bits per heavy atom. The summed E-state index contributed by atoms with van der Waals surface area (Å²) in [6, 6.07) is 6.18. The lowest BCUT2D eigenvalue weighted by Crippen LogP contribution is -2.63. The Bertz CT molecular complexity index is 981. The van der Waals surface area contributed by atoms with Crippen LogP contribution in [0.4, 0.5) is 15.8 Å². The van der Waals surface area contributed by atoms with Gasteiger partial charge in [-0.25, -0.2) is 14.4 Å². The van der Waals surface area contributed by atoms with Gasteiger partial charge in [0, 0.05) is 42.1 Å². The van der Waals surface area contributed by atoms with Crippen LogP contribution in [0, 0.1) is 5.92 Å². The van der Waals surface area contributed by atoms with E-state index in [9.17, 15) is 4.39 Å². The Hall–Kier alpha value is -1.51. The number of nitrogens with one attached hydrogen (secondary N) is 2. The Kier molecular flexibility index (Phi) is 9.01. The number of amidine groups is 1. The molecule has 0 amide bonds. The number of hydrogen-bond donors (Lipinski definition) is 2. The first-order chi connectivity index (χ1) is 17.5. The highest BCUT2D eigenvalue weighted by Gasteiger charge is 2.43. The second-order valence-electron chi connectivity index (χ2n) is 12.1. The van der Waals surface area contributed by atoms with E-state index in [4.69, 9.17) is 11.6 Å². The van der Waals surface area contributed by atoms with Crippen molar-refractivity contribution in [2.75, 3.05) is 42.4 Å². The van der Waals surface area contributed by atoms with Gasteiger partial charge in [0.25, 0.3) is 0 Å². The van der Waals surface area contributed by atoms with Crippen LogP contribution in [0.2, 0.25) is 5.02 Å². The van der Waals surface area contributed by atoms with Crippen molar-refractivity contribution in [1.82, 2.24) is 10.2 Å². The lowest BCUT2D eigenvalue weighted by atomic mass is 9.77. The van der Waals surface area contributed by atoms with Gasteiger partial charge in [-0.1, -0.05) is 11.6 Å². The molecule has 0 bridgehead atoms. The van der Waals surface area contributed by atoms with Crippen molar-refractivity contribution in [2.45, 2.75) is 89.4 Å². The number of thioether (sulfide) groups is 1. The van der Waals surface area contributed by atoms with Crippen LogP contribution in [0.25, 0.3) is 0 Å². The minimum Gasteiger partial charge on any atom is -0.370 e. The van der Waals surface area contributed by atoms with E-state index < -0.39 is 12.5 Å². The maximum Gasteiger partial charge on any atom is 0.215 e. The summed E-state index contributed by atoms with van der Waals surface area (Å²) in [6.07, 6.45) is 7.13. The number of likely N-dealkylation sites (tertiary alicyclic amines) is 1. The average Bonchev–Trinajstić information content (AvgIpc) is 3.05. The standard InChI is InChI=1S/C28H44ClFN6S/c1-27(2)15-21(16-28(3,4)35(27)5)32-25-23(30)17-31-26(34-25)33-20-9-10-24(22(29)14-20)36-12-7-8-19(11-13-36)18-37-6/h9-10,14,17,19,21,23,26,33H,7-8,11-13,15-16,18H2,1-6H3,(H,32,34). The fourth-order valence-corrected chi connectivity index (χ4v) is 7.25. The van der Waals surface area contributed by atoms with E-state index in [-0.39, 0.29) is 17.1 Å². The molecular weight excluding hydrogens is 507 g/mol. The molecule has 2 fully saturated rings. The molecule has 3 unspecified atom stereocenters. The Balaban J connectivity index is 1.41. The molecule has 206 valence electrons. The molecule has 0 saturated carbocycles. The van der Waals surface area contributed by atoms with Gasteiger partial charge in [-0.2, -0.15) is 11.8 Å². The number of aliphatic imine (C=N–C) groups is 2. The Labute approximate surface area is 231 Å². The number of hydrogen-bond acceptors (Lipinski definition) is 7. The van der Waals surface area contributed by atoms with Crippen molar-refractivity contribution in [3.8, 4) is 0 Å². The molecule has 0 spiro atoms. The van der Waals surface area contributed by atoms with Gasteiger partial charge in [-0.3, -0.25) is 4.90 Å². The number of anilines is 2. The molecule has 4 rings (SSSR count). The fourth-order valence-electron chi connectivity index (χ4n) is 6.14. The highest BCUT2D eigenvalue weighted by molar-refractivity contribution is 7.98. The van der Waals surface area contributed by atoms with E-state index >= 15 is 0 Å². The van der Waals surface area contributed by atoms with Crippen LogP contribution in [0.3, 0.4) is 0 Å². The van der Waals surface area contributed by atoms with Gasteiger partial charge in [0.1, 0.15) is 5.84 Å². The quantitative estimate of drug-likeness (QED) is 0.450. The highest BCUT2D eigenvalue weighted by atomic mass is 35.5. The summed E-state index contributed by atoms with van der Waals surface area (Å²) in [5, 5.41) is 7.45. The zero-order valence-electron chi connectivity index (χ0n) is 23.2. The molecule has 37 heavy (non-hydrogen) atoms. The maximum absolute atomic E-state index is 14.8. The molecule has 0 radical (unpaired) electrons. The van der Waals surface area contributed by atoms with Crippen molar-refractivity contribution >= 4 is 46.8 Å². The number of alkyl halides is 1. The van der Waals surface area contributed by atoms with E-state index in [0.29, 0.717) is 5.84 Å². The first-order valence-corrected chi connectivity index (χ1v) is 15.3. The molecule has 1 aromatic carbocycles. The predicted molar refractivity (Wildman–Crippen MR) is 160 cm³/mol. The zero-order valence-corrected chi connectivity index (χ0v) is 24.8. The minimum atomic E-state index is -1.33. The number of piperidine rings is 1. The first-order valence-electron chi connectivity index (χ1n) is 13.5. The van der Waals surface area contributed by atoms with Crippen LogP contribution in [0.5, 0.6) is 0 Å². The summed E-state index contributed by atoms with van der Waals surface area (Å²) < 4.78 is 14.8. The van der Waals surface area contributed by atoms with E-state index in [1.807, 2.05) is 23.9 Å². The molecule has 6 nitrogen and oxygen atoms in total. The highest BCUT2D eigenvalue weighted by Crippen LogP contribution is 2.37. The summed E-state index contributed by atoms with van der Waals surface area (Å²) >= 11 is 8.68. The number of benzene rings is 1. The molecule has 0 aromatic heterocycles. The fraction of sp³-hybridized carbons (Fsp3) is 0.714. The third-order valence-corrected chi connectivity index (χ3v) is 9.48. The van der Waals surface area contributed by atoms with Crippen LogP contribution < -0.4 is 15.5 Å². The van der Waals surface area contributed by atoms with Crippen LogP contribution in [0.1, 0.15) is 59.8 Å². The van der Waals surface area contributed by atoms with Crippen molar-refractivity contribution in [1.29, 1.82) is 0 Å². The van der Waals surface area contributed by atoms with Crippen LogP contribution in [-0.2, 0) is 0 Å². The topological polar surface area (TPSA) is 55.3 Å². The van der Waals surface area contributed by atoms with Crippen molar-refractivity contribution in [2.24, 2.45) is 15.9 Å². The lowest BCUT2D eigenvalue weighted by molar-refractivity contribution is -0.0149. The van der Waals surface area contributed by atoms with Crippen molar-refractivity contribution < 1.29 is 4.39 Å². The molecule has 3 aliphatic rings. The molecule has 9 heteroatoms. The summed E-state index contributed by atoms with van der Waals surface area (Å²) in [4.78, 5) is 13.7. The molecular formula is C28H44ClFN6S. The first kappa shape index (κ1) is 28.5. The van der Waals surface area contributed by atoms with Gasteiger partial charge >= 0.3 is 0 Å². The third kappa shape index (κ3) is 6.93. The largest absolute Gasteiger partial charge is 0.370 e. The summed E-state index contributed by atoms with van der Waals surface area (Å²) in [6.45, 7) is 11.0. The predicted octanol–water partition coefficient (Wildman–Crippen LogP) is 6.07. The van der Waals surface area contributed by atoms with Gasteiger partial charge in [-0.05, 0) is 103 Å². The number of nitrogens with zero attached hydrogens (tertiary/aromatic N) is 4. The second-order valence-corrected chi connectivity index (χ2v) is 13.4. The van der Waals surface area contributed by atoms with Crippen molar-refractivity contribution in [3.05, 3.63) is 23.2 Å². The van der Waals surface area contributed by atoms with Crippen LogP contribution in [-0.4, -0.2) is 78.7 Å². The van der Waals surface area contributed by atoms with E-state index in [1.54, 1.807) is 0 Å². The second kappa shape index (κ2) is 11.7. The average molecular weight is 551 g/mol. The molecule has 1 aromatic rings. The van der Waals surface area contributed by atoms with Gasteiger partial charge < -0.3 is 15.5 Å². The van der Waals surface area contributed by atoms with Gasteiger partial charge in [0.15, 0.2) is 6.17 Å². The van der Waals surface area contributed by atoms with Gasteiger partial charge in [-0.15, -0.1) is 0 Å². The molecule has 2 N–H and O–H groups in total. The molecule has 3 atom stereocenters. The summed E-state index contributed by atoms with van der Waals surface area (Å²) in [5.41, 5.74) is 1.92. The Morgan fingerprint density at radius 1 is 1.11 bits per heavy atom. The Morgan fingerprint density at radius 2 is 1.84 bits per heavy atom. The summed E-state index contributed by atoms with van der Waals surface area (Å²) in [7, 11) is 2.17. The maximum atomic E-state index is 14.8. The number of halogens is 2. The third-order valence-electron chi connectivity index (χ3n) is 8.37. The molecule has 3 heterocycles. The normalized spacial score (nSPS) is 28.5. The zero-order chi connectivity index (χ0) is 26.8. The van der Waals surface area contributed by atoms with Crippen molar-refractivity contribution in [3.63, 3.8) is 0 Å². The smallest absolute Gasteiger partial charge is 0.215 e. The number of rotatable bonds is 6. The van der Waals surface area contributed by atoms with Gasteiger partial charge in [0.2, 0.25) is 6.29 Å². The van der Waals surface area contributed by atoms with E-state index in [0.717, 1.165) is 48.2 Å².